The van der Waals surface area contributed by atoms with Crippen molar-refractivity contribution in [2.45, 2.75) is 26.7 Å². The Morgan fingerprint density at radius 2 is 2.22 bits per heavy atom. The van der Waals surface area contributed by atoms with Crippen LogP contribution in [0.4, 0.5) is 0 Å². The van der Waals surface area contributed by atoms with E-state index in [9.17, 15) is 0 Å². The molecule has 0 rings (SSSR count). The van der Waals surface area contributed by atoms with Gasteiger partial charge >= 0.3 is 0 Å². The fraction of sp³-hybridized carbons (Fsp3) is 0.556. The second kappa shape index (κ2) is 4.37. The third kappa shape index (κ3) is 4.01. The summed E-state index contributed by atoms with van der Waals surface area (Å²) < 4.78 is 0. The first-order valence-electron chi connectivity index (χ1n) is 3.44. The van der Waals surface area contributed by atoms with E-state index in [2.05, 4.69) is 27.0 Å². The van der Waals surface area contributed by atoms with Crippen LogP contribution >= 0.6 is 0 Å². The average molecular weight is 124 g/mol. The van der Waals surface area contributed by atoms with E-state index in [4.69, 9.17) is 0 Å². The van der Waals surface area contributed by atoms with Gasteiger partial charge in [-0.3, -0.25) is 0 Å². The summed E-state index contributed by atoms with van der Waals surface area (Å²) >= 11 is 0. The molecule has 0 saturated carbocycles. The van der Waals surface area contributed by atoms with Gasteiger partial charge in [-0.2, -0.15) is 0 Å². The van der Waals surface area contributed by atoms with Crippen LogP contribution in [0.3, 0.4) is 0 Å². The van der Waals surface area contributed by atoms with Gasteiger partial charge in [0.25, 0.3) is 0 Å². The highest BCUT2D eigenvalue weighted by Gasteiger charge is 1.98. The van der Waals surface area contributed by atoms with Gasteiger partial charge in [0.2, 0.25) is 0 Å². The largest absolute Gasteiger partial charge is 0.103 e. The van der Waals surface area contributed by atoms with Crippen LogP contribution in [0, 0.1) is 5.92 Å². The smallest absolute Gasteiger partial charge is 0.0234 e. The van der Waals surface area contributed by atoms with Crippen molar-refractivity contribution in [3.05, 3.63) is 24.8 Å². The Hall–Kier alpha value is -0.520. The highest BCUT2D eigenvalue weighted by Crippen LogP contribution is 2.13. The molecule has 0 heteroatoms. The summed E-state index contributed by atoms with van der Waals surface area (Å²) in [5.74, 6) is 0.656. The van der Waals surface area contributed by atoms with Crippen LogP contribution in [0.15, 0.2) is 24.8 Å². The quantitative estimate of drug-likeness (QED) is 0.505. The molecular formula is C9H16. The molecule has 0 N–H and O–H groups in total. The fourth-order valence-electron chi connectivity index (χ4n) is 0.614. The van der Waals surface area contributed by atoms with E-state index in [1.165, 1.54) is 12.0 Å². The Kier molecular flexibility index (Phi) is 4.12. The van der Waals surface area contributed by atoms with Crippen LogP contribution < -0.4 is 0 Å². The number of hydrogen-bond donors (Lipinski definition) is 0. The highest BCUT2D eigenvalue weighted by atomic mass is 14.0. The van der Waals surface area contributed by atoms with Crippen molar-refractivity contribution in [3.8, 4) is 0 Å². The molecule has 1 atom stereocenters. The molecule has 9 heavy (non-hydrogen) atoms. The molecule has 0 amide bonds. The predicted molar refractivity (Wildman–Crippen MR) is 43.4 cm³/mol. The van der Waals surface area contributed by atoms with Crippen LogP contribution in [0.25, 0.3) is 0 Å². The van der Waals surface area contributed by atoms with Crippen molar-refractivity contribution in [1.82, 2.24) is 0 Å². The minimum Gasteiger partial charge on any atom is -0.103 e. The monoisotopic (exact) mass is 124 g/mol. The van der Waals surface area contributed by atoms with Crippen molar-refractivity contribution in [1.29, 1.82) is 0 Å². The van der Waals surface area contributed by atoms with E-state index in [1.807, 2.05) is 6.08 Å². The van der Waals surface area contributed by atoms with Crippen molar-refractivity contribution >= 4 is 0 Å². The zero-order chi connectivity index (χ0) is 7.28. The summed E-state index contributed by atoms with van der Waals surface area (Å²) in [5.41, 5.74) is 1.27. The molecule has 0 aromatic rings. The van der Waals surface area contributed by atoms with Gasteiger partial charge in [0, 0.05) is 0 Å². The predicted octanol–water partition coefficient (Wildman–Crippen LogP) is 3.16. The van der Waals surface area contributed by atoms with Gasteiger partial charge in [0.05, 0.1) is 0 Å². The maximum absolute atomic E-state index is 3.87. The van der Waals surface area contributed by atoms with Gasteiger partial charge in [-0.15, -0.1) is 6.58 Å². The lowest BCUT2D eigenvalue weighted by Gasteiger charge is -2.07. The zero-order valence-electron chi connectivity index (χ0n) is 6.48. The molecule has 52 valence electrons. The van der Waals surface area contributed by atoms with Gasteiger partial charge in [-0.05, 0) is 25.7 Å². The molecule has 1 unspecified atom stereocenters. The van der Waals surface area contributed by atoms with E-state index in [-0.39, 0.29) is 0 Å². The molecule has 0 nitrogen and oxygen atoms in total. The summed E-state index contributed by atoms with van der Waals surface area (Å²) in [6, 6.07) is 0. The first-order valence-corrected chi connectivity index (χ1v) is 3.44. The second-order valence-electron chi connectivity index (χ2n) is 2.61. The topological polar surface area (TPSA) is 0 Å². The van der Waals surface area contributed by atoms with Crippen molar-refractivity contribution in [2.24, 2.45) is 5.92 Å². The zero-order valence-corrected chi connectivity index (χ0v) is 6.48. The van der Waals surface area contributed by atoms with Gasteiger partial charge < -0.3 is 0 Å². The van der Waals surface area contributed by atoms with Crippen molar-refractivity contribution in [3.63, 3.8) is 0 Å². The Labute approximate surface area is 58.3 Å². The van der Waals surface area contributed by atoms with Crippen LogP contribution in [0.1, 0.15) is 26.7 Å². The number of allylic oxidation sites excluding steroid dienone is 2. The standard InChI is InChI=1S/C9H16/c1-5-6-7-9(4)8(2)3/h5,9H,1-2,6-7H2,3-4H3. The first kappa shape index (κ1) is 8.48. The molecule has 0 aliphatic carbocycles. The molecule has 0 aromatic heterocycles. The molecule has 0 heterocycles. The Morgan fingerprint density at radius 3 is 2.56 bits per heavy atom. The molecule has 0 bridgehead atoms. The van der Waals surface area contributed by atoms with Crippen LogP contribution in [-0.4, -0.2) is 0 Å². The molecular weight excluding hydrogens is 108 g/mol. The lowest BCUT2D eigenvalue weighted by atomic mass is 9.99. The molecule has 0 spiro atoms. The molecule has 0 aliphatic rings. The van der Waals surface area contributed by atoms with Crippen LogP contribution in [-0.2, 0) is 0 Å². The molecule has 0 aromatic carbocycles. The van der Waals surface area contributed by atoms with Crippen molar-refractivity contribution in [2.75, 3.05) is 0 Å². The van der Waals surface area contributed by atoms with Gasteiger partial charge in [0.15, 0.2) is 0 Å². The second-order valence-corrected chi connectivity index (χ2v) is 2.61. The van der Waals surface area contributed by atoms with Crippen LogP contribution in [0.2, 0.25) is 0 Å². The highest BCUT2D eigenvalue weighted by molar-refractivity contribution is 4.94. The Bertz CT molecular complexity index is 101. The normalized spacial score (nSPS) is 12.7. The average Bonchev–Trinajstić information content (AvgIpc) is 1.82. The van der Waals surface area contributed by atoms with Gasteiger partial charge in [-0.25, -0.2) is 0 Å². The molecule has 0 radical (unpaired) electrons. The maximum atomic E-state index is 3.87. The third-order valence-electron chi connectivity index (χ3n) is 1.65. The molecule has 0 aliphatic heterocycles. The summed E-state index contributed by atoms with van der Waals surface area (Å²) in [6.45, 7) is 11.8. The molecule has 0 fully saturated rings. The summed E-state index contributed by atoms with van der Waals surface area (Å²) in [4.78, 5) is 0. The lowest BCUT2D eigenvalue weighted by Crippen LogP contribution is -1.93. The van der Waals surface area contributed by atoms with E-state index < -0.39 is 0 Å². The van der Waals surface area contributed by atoms with E-state index in [1.54, 1.807) is 0 Å². The Balaban J connectivity index is 3.37. The fourth-order valence-corrected chi connectivity index (χ4v) is 0.614. The lowest BCUT2D eigenvalue weighted by molar-refractivity contribution is 0.624. The van der Waals surface area contributed by atoms with Crippen molar-refractivity contribution < 1.29 is 0 Å². The van der Waals surface area contributed by atoms with E-state index >= 15 is 0 Å². The minimum absolute atomic E-state index is 0.656. The van der Waals surface area contributed by atoms with E-state index in [0.29, 0.717) is 5.92 Å². The summed E-state index contributed by atoms with van der Waals surface area (Å²) in [5, 5.41) is 0. The number of hydrogen-bond acceptors (Lipinski definition) is 0. The van der Waals surface area contributed by atoms with Gasteiger partial charge in [-0.1, -0.05) is 25.2 Å². The molecule has 0 saturated heterocycles. The third-order valence-corrected chi connectivity index (χ3v) is 1.65. The Morgan fingerprint density at radius 1 is 1.67 bits per heavy atom. The van der Waals surface area contributed by atoms with E-state index in [0.717, 1.165) is 6.42 Å². The minimum atomic E-state index is 0.656. The van der Waals surface area contributed by atoms with Gasteiger partial charge in [0.1, 0.15) is 0 Å². The SMILES string of the molecule is C=CCCC(C)C(=C)C. The maximum Gasteiger partial charge on any atom is -0.0234 e. The summed E-state index contributed by atoms with van der Waals surface area (Å²) in [7, 11) is 0. The first-order chi connectivity index (χ1) is 4.18. The number of rotatable bonds is 4. The van der Waals surface area contributed by atoms with Crippen LogP contribution in [0.5, 0.6) is 0 Å². The summed E-state index contributed by atoms with van der Waals surface area (Å²) in [6.07, 6.45) is 4.26.